The number of carbonyl (C=O) groups is 1. The fourth-order valence-corrected chi connectivity index (χ4v) is 3.00. The van der Waals surface area contributed by atoms with Crippen LogP contribution in [0.5, 0.6) is 0 Å². The first-order valence-electron chi connectivity index (χ1n) is 6.66. The van der Waals surface area contributed by atoms with Gasteiger partial charge in [-0.05, 0) is 24.1 Å². The molecule has 1 atom stereocenters. The molecule has 0 aliphatic heterocycles. The summed E-state index contributed by atoms with van der Waals surface area (Å²) in [6.45, 7) is 2.80. The minimum atomic E-state index is -1.22. The molecule has 0 saturated carbocycles. The highest BCUT2D eigenvalue weighted by Gasteiger charge is 2.11. The summed E-state index contributed by atoms with van der Waals surface area (Å²) >= 11 is 0. The van der Waals surface area contributed by atoms with Crippen molar-refractivity contribution >= 4 is 16.8 Å². The molecule has 0 amide bonds. The molecule has 0 saturated heterocycles. The van der Waals surface area contributed by atoms with Gasteiger partial charge in [-0.2, -0.15) is 5.10 Å². The Morgan fingerprint density at radius 3 is 2.67 bits per heavy atom. The number of benzene rings is 1. The smallest absolute Gasteiger partial charge is 0.307 e. The molecule has 0 aliphatic carbocycles. The highest BCUT2D eigenvalue weighted by atomic mass is 32.2. The highest BCUT2D eigenvalue weighted by molar-refractivity contribution is 7.84. The van der Waals surface area contributed by atoms with Crippen LogP contribution >= 0.6 is 0 Å². The van der Waals surface area contributed by atoms with Crippen molar-refractivity contribution in [3.63, 3.8) is 0 Å². The zero-order valence-electron chi connectivity index (χ0n) is 11.7. The van der Waals surface area contributed by atoms with Gasteiger partial charge in [-0.15, -0.1) is 0 Å². The van der Waals surface area contributed by atoms with Gasteiger partial charge in [-0.3, -0.25) is 9.00 Å². The van der Waals surface area contributed by atoms with E-state index < -0.39 is 16.8 Å². The van der Waals surface area contributed by atoms with Crippen molar-refractivity contribution in [3.8, 4) is 0 Å². The van der Waals surface area contributed by atoms with E-state index in [4.69, 9.17) is 5.11 Å². The van der Waals surface area contributed by atoms with Gasteiger partial charge in [0, 0.05) is 11.4 Å². The standard InChI is InChI=1S/C14H17N3O3S/c1-2-7-17-13(15-10-16-17)9-21(20)12-5-3-11(4-6-12)8-14(18)19/h3-6,10H,2,7-9H2,1H3,(H,18,19). The molecule has 6 nitrogen and oxygen atoms in total. The lowest BCUT2D eigenvalue weighted by Crippen LogP contribution is -2.08. The summed E-state index contributed by atoms with van der Waals surface area (Å²) < 4.78 is 14.1. The van der Waals surface area contributed by atoms with E-state index >= 15 is 0 Å². The van der Waals surface area contributed by atoms with Crippen LogP contribution in [0.2, 0.25) is 0 Å². The third kappa shape index (κ3) is 4.22. The maximum absolute atomic E-state index is 12.3. The second-order valence-corrected chi connectivity index (χ2v) is 6.05. The first-order valence-corrected chi connectivity index (χ1v) is 7.98. The molecule has 1 heterocycles. The Kier molecular flexibility index (Phi) is 5.21. The van der Waals surface area contributed by atoms with Crippen LogP contribution in [0.4, 0.5) is 0 Å². The lowest BCUT2D eigenvalue weighted by molar-refractivity contribution is -0.136. The van der Waals surface area contributed by atoms with E-state index in [2.05, 4.69) is 10.1 Å². The van der Waals surface area contributed by atoms with Crippen LogP contribution in [0, 0.1) is 0 Å². The van der Waals surface area contributed by atoms with Gasteiger partial charge in [0.2, 0.25) is 0 Å². The summed E-state index contributed by atoms with van der Waals surface area (Å²) in [5.74, 6) is 0.125. The predicted octanol–water partition coefficient (Wildman–Crippen LogP) is 1.62. The van der Waals surface area contributed by atoms with Crippen LogP contribution in [0.3, 0.4) is 0 Å². The largest absolute Gasteiger partial charge is 0.481 e. The Morgan fingerprint density at radius 2 is 2.05 bits per heavy atom. The molecule has 1 aromatic heterocycles. The van der Waals surface area contributed by atoms with Crippen LogP contribution < -0.4 is 0 Å². The van der Waals surface area contributed by atoms with E-state index in [9.17, 15) is 9.00 Å². The van der Waals surface area contributed by atoms with Gasteiger partial charge in [0.05, 0.1) is 23.0 Å². The third-order valence-corrected chi connectivity index (χ3v) is 4.25. The van der Waals surface area contributed by atoms with Crippen LogP contribution in [0.15, 0.2) is 35.5 Å². The van der Waals surface area contributed by atoms with Gasteiger partial charge >= 0.3 is 5.97 Å². The number of rotatable bonds is 7. The summed E-state index contributed by atoms with van der Waals surface area (Å²) in [4.78, 5) is 15.4. The molecule has 112 valence electrons. The van der Waals surface area contributed by atoms with Gasteiger partial charge in [-0.25, -0.2) is 9.67 Å². The molecular weight excluding hydrogens is 290 g/mol. The fraction of sp³-hybridized carbons (Fsp3) is 0.357. The van der Waals surface area contributed by atoms with Crippen molar-refractivity contribution in [2.45, 2.75) is 37.0 Å². The lowest BCUT2D eigenvalue weighted by Gasteiger charge is -2.05. The zero-order chi connectivity index (χ0) is 15.2. The average molecular weight is 307 g/mol. The number of carboxylic acid groups (broad SMARTS) is 1. The maximum Gasteiger partial charge on any atom is 0.307 e. The van der Waals surface area contributed by atoms with Gasteiger partial charge in [0.1, 0.15) is 12.2 Å². The molecule has 1 unspecified atom stereocenters. The summed E-state index contributed by atoms with van der Waals surface area (Å²) in [5, 5.41) is 12.8. The van der Waals surface area contributed by atoms with Crippen LogP contribution in [0.25, 0.3) is 0 Å². The molecule has 1 aromatic carbocycles. The molecule has 21 heavy (non-hydrogen) atoms. The van der Waals surface area contributed by atoms with E-state index in [1.54, 1.807) is 28.9 Å². The summed E-state index contributed by atoms with van der Waals surface area (Å²) in [6, 6.07) is 6.79. The van der Waals surface area contributed by atoms with Gasteiger partial charge in [-0.1, -0.05) is 19.1 Å². The zero-order valence-corrected chi connectivity index (χ0v) is 12.5. The lowest BCUT2D eigenvalue weighted by atomic mass is 10.2. The molecule has 0 bridgehead atoms. The molecule has 0 radical (unpaired) electrons. The number of hydrogen-bond acceptors (Lipinski definition) is 4. The van der Waals surface area contributed by atoms with Crippen molar-refractivity contribution in [2.24, 2.45) is 0 Å². The van der Waals surface area contributed by atoms with Crippen LogP contribution in [0.1, 0.15) is 24.7 Å². The SMILES string of the molecule is CCCn1ncnc1CS(=O)c1ccc(CC(=O)O)cc1. The molecule has 0 fully saturated rings. The van der Waals surface area contributed by atoms with Crippen molar-refractivity contribution < 1.29 is 14.1 Å². The third-order valence-electron chi connectivity index (χ3n) is 2.93. The second kappa shape index (κ2) is 7.12. The molecule has 0 spiro atoms. The Bertz CT molecular complexity index is 637. The van der Waals surface area contributed by atoms with Gasteiger partial charge < -0.3 is 5.11 Å². The van der Waals surface area contributed by atoms with E-state index in [0.29, 0.717) is 22.0 Å². The maximum atomic E-state index is 12.3. The molecule has 0 aliphatic rings. The number of aliphatic carboxylic acids is 1. The molecular formula is C14H17N3O3S. The number of carboxylic acids is 1. The van der Waals surface area contributed by atoms with Gasteiger partial charge in [0.15, 0.2) is 0 Å². The number of nitrogens with zero attached hydrogens (tertiary/aromatic N) is 3. The summed E-state index contributed by atoms with van der Waals surface area (Å²) in [7, 11) is -1.22. The first kappa shape index (κ1) is 15.4. The topological polar surface area (TPSA) is 85.1 Å². The first-order chi connectivity index (χ1) is 10.1. The number of hydrogen-bond donors (Lipinski definition) is 1. The van der Waals surface area contributed by atoms with Crippen molar-refractivity contribution in [1.29, 1.82) is 0 Å². The van der Waals surface area contributed by atoms with Crippen molar-refractivity contribution in [2.75, 3.05) is 0 Å². The number of aryl methyl sites for hydroxylation is 1. The number of aromatic nitrogens is 3. The fourth-order valence-electron chi connectivity index (χ4n) is 1.93. The Labute approximate surface area is 125 Å². The van der Waals surface area contributed by atoms with Gasteiger partial charge in [0.25, 0.3) is 0 Å². The van der Waals surface area contributed by atoms with Crippen LogP contribution in [-0.2, 0) is 34.3 Å². The second-order valence-electron chi connectivity index (χ2n) is 4.60. The van der Waals surface area contributed by atoms with Crippen LogP contribution in [-0.4, -0.2) is 30.0 Å². The Balaban J connectivity index is 2.06. The Morgan fingerprint density at radius 1 is 1.33 bits per heavy atom. The molecule has 2 aromatic rings. The van der Waals surface area contributed by atoms with E-state index in [-0.39, 0.29) is 6.42 Å². The monoisotopic (exact) mass is 307 g/mol. The summed E-state index contributed by atoms with van der Waals surface area (Å²) in [5.41, 5.74) is 0.692. The highest BCUT2D eigenvalue weighted by Crippen LogP contribution is 2.13. The average Bonchev–Trinajstić information content (AvgIpc) is 2.86. The summed E-state index contributed by atoms with van der Waals surface area (Å²) in [6.07, 6.45) is 2.38. The minimum absolute atomic E-state index is 0.0300. The molecule has 2 rings (SSSR count). The minimum Gasteiger partial charge on any atom is -0.481 e. The quantitative estimate of drug-likeness (QED) is 0.840. The molecule has 7 heteroatoms. The van der Waals surface area contributed by atoms with E-state index in [1.807, 2.05) is 6.92 Å². The van der Waals surface area contributed by atoms with E-state index in [1.165, 1.54) is 6.33 Å². The van der Waals surface area contributed by atoms with E-state index in [0.717, 1.165) is 13.0 Å². The predicted molar refractivity (Wildman–Crippen MR) is 78.2 cm³/mol. The van der Waals surface area contributed by atoms with Crippen molar-refractivity contribution in [3.05, 3.63) is 42.0 Å². The Hall–Kier alpha value is -2.02. The normalized spacial score (nSPS) is 12.2. The van der Waals surface area contributed by atoms with Crippen molar-refractivity contribution in [1.82, 2.24) is 14.8 Å². The molecule has 1 N–H and O–H groups in total.